The number of aromatic nitrogens is 6. The number of carbonyl (C=O) groups excluding carboxylic acids is 6. The maximum atomic E-state index is 12.9. The number of nitrogens with two attached hydrogens (primary N) is 4. The van der Waals surface area contributed by atoms with Crippen molar-refractivity contribution in [1.29, 1.82) is 0 Å². The van der Waals surface area contributed by atoms with Gasteiger partial charge >= 0.3 is 17.1 Å². The molecule has 0 aliphatic carbocycles. The Kier molecular flexibility index (Phi) is 15.6. The van der Waals surface area contributed by atoms with Gasteiger partial charge in [-0.1, -0.05) is 27.1 Å². The fourth-order valence-electron chi connectivity index (χ4n) is 6.69. The molecule has 0 saturated carbocycles. The molecule has 67 heavy (non-hydrogen) atoms. The summed E-state index contributed by atoms with van der Waals surface area (Å²) in [4.78, 5) is 110. The smallest absolute Gasteiger partial charge is 0.352 e. The summed E-state index contributed by atoms with van der Waals surface area (Å²) >= 11 is 5.39. The van der Waals surface area contributed by atoms with E-state index < -0.39 is 69.8 Å². The lowest BCUT2D eigenvalue weighted by Gasteiger charge is -2.55. The van der Waals surface area contributed by atoms with E-state index >= 15 is 0 Å². The lowest BCUT2D eigenvalue weighted by Crippen LogP contribution is -2.75. The van der Waals surface area contributed by atoms with E-state index in [-0.39, 0.29) is 75.3 Å². The molecule has 33 heteroatoms. The van der Waals surface area contributed by atoms with E-state index in [0.29, 0.717) is 23.1 Å². The summed E-state index contributed by atoms with van der Waals surface area (Å²) in [5.41, 5.74) is 21.1. The summed E-state index contributed by atoms with van der Waals surface area (Å²) in [6.45, 7) is 3.27. The molecule has 0 radical (unpaired) electrons. The van der Waals surface area contributed by atoms with Crippen molar-refractivity contribution in [2.24, 2.45) is 15.7 Å². The molecule has 3 unspecified atom stereocenters. The van der Waals surface area contributed by atoms with Crippen molar-refractivity contribution in [3.8, 4) is 0 Å². The van der Waals surface area contributed by atoms with E-state index in [9.17, 15) is 43.8 Å². The number of amides is 4. The molecule has 3 aromatic heterocycles. The van der Waals surface area contributed by atoms with Crippen molar-refractivity contribution in [3.63, 3.8) is 0 Å². The number of aliphatic carboxylic acids is 2. The molecule has 5 atom stereocenters. The second kappa shape index (κ2) is 20.9. The number of ether oxygens (including phenoxy) is 1. The first kappa shape index (κ1) is 49.8. The average Bonchev–Trinajstić information content (AvgIpc) is 3.93. The molecule has 4 amide bonds. The third kappa shape index (κ3) is 10.5. The van der Waals surface area contributed by atoms with Crippen LogP contribution in [0.2, 0.25) is 0 Å². The van der Waals surface area contributed by atoms with Crippen LogP contribution in [-0.2, 0) is 54.5 Å². The van der Waals surface area contributed by atoms with E-state index in [4.69, 9.17) is 32.5 Å². The van der Waals surface area contributed by atoms with Crippen LogP contribution in [0, 0.1) is 5.41 Å². The molecule has 3 aromatic rings. The van der Waals surface area contributed by atoms with Crippen LogP contribution in [0.3, 0.4) is 0 Å². The molecule has 11 N–H and O–H groups in total. The maximum absolute atomic E-state index is 12.9. The van der Waals surface area contributed by atoms with Gasteiger partial charge in [-0.3, -0.25) is 28.9 Å². The highest BCUT2D eigenvalue weighted by Crippen LogP contribution is 2.44. The Morgan fingerprint density at radius 2 is 1.52 bits per heavy atom. The van der Waals surface area contributed by atoms with E-state index in [1.165, 1.54) is 67.4 Å². The monoisotopic (exact) mass is 1020 g/mol. The molecule has 7 rings (SSSR count). The molecule has 358 valence electrons. The van der Waals surface area contributed by atoms with Crippen molar-refractivity contribution >= 4 is 133 Å². The Balaban J connectivity index is 0.000000226. The van der Waals surface area contributed by atoms with Gasteiger partial charge in [0.05, 0.1) is 18.6 Å². The Labute approximate surface area is 399 Å². The number of nitrogen functional groups attached to an aromatic ring is 4. The number of fused-ring (bicyclic) bond motifs is 2. The van der Waals surface area contributed by atoms with E-state index in [1.54, 1.807) is 4.57 Å². The summed E-state index contributed by atoms with van der Waals surface area (Å²) in [5.74, 6) is -4.78. The third-order valence-corrected chi connectivity index (χ3v) is 15.1. The highest BCUT2D eigenvalue weighted by molar-refractivity contribution is 8.00. The van der Waals surface area contributed by atoms with Gasteiger partial charge in [-0.05, 0) is 6.92 Å². The second-order valence-electron chi connectivity index (χ2n) is 14.2. The molecule has 0 bridgehead atoms. The quantitative estimate of drug-likeness (QED) is 0.0137. The van der Waals surface area contributed by atoms with Crippen molar-refractivity contribution in [1.82, 2.24) is 44.1 Å². The number of nitrogens with one attached hydrogen (secondary N) is 2. The topological polar surface area (TPSA) is 418 Å². The lowest BCUT2D eigenvalue weighted by atomic mass is 9.89. The van der Waals surface area contributed by atoms with Crippen LogP contribution >= 0.6 is 58.4 Å². The summed E-state index contributed by atoms with van der Waals surface area (Å²) in [7, 11) is 2.48. The number of thioether (sulfide) groups is 3. The highest BCUT2D eigenvalue weighted by Gasteiger charge is 2.57. The summed E-state index contributed by atoms with van der Waals surface area (Å²) in [5, 5.41) is 33.8. The Morgan fingerprint density at radius 1 is 0.940 bits per heavy atom. The number of rotatable bonds is 16. The normalized spacial score (nSPS) is 22.2. The summed E-state index contributed by atoms with van der Waals surface area (Å²) in [6.07, 6.45) is 0. The summed E-state index contributed by atoms with van der Waals surface area (Å²) < 4.78 is 14.4. The van der Waals surface area contributed by atoms with Gasteiger partial charge in [0.25, 0.3) is 17.7 Å². The first-order chi connectivity index (χ1) is 31.8. The standard InChI is InChI=1S/C19H24N10O5S3.C15H16N6O7S2/c1-3-28-9(21)4-8(20)23-18(28)36-7-19(16(32)33)5-29-14(31)11(15(29)35-6-19)24-13(30)10(26-34-2)12-25-17(22)37-27-12;1-5(22)28-3-6-4-29-13-8(12(24)21(13)9(6)14(25)26)17-11(23)7(19-27-2)10-18-15(16)30-20-10/h4,11,15H,3,5-7H2,1-2H3,(H7,20,21,22,24,25,27,30,32,33);8,13H,3-4H2,1-2H3,(H,17,23)(H,25,26)(H2,16,18,20)/t11?,15-,19?;8?,13-/m11/s1. The van der Waals surface area contributed by atoms with Gasteiger partial charge in [-0.15, -0.1) is 23.5 Å². The number of carboxylic acids is 2. The first-order valence-corrected chi connectivity index (χ1v) is 23.8. The van der Waals surface area contributed by atoms with Crippen molar-refractivity contribution in [2.45, 2.75) is 48.4 Å². The van der Waals surface area contributed by atoms with Gasteiger partial charge in [0, 0.05) is 64.8 Å². The fraction of sp³-hybridized carbons (Fsp3) is 0.441. The number of anilines is 4. The number of β-lactam (4-membered cyclic amide) rings is 2. The predicted molar refractivity (Wildman–Crippen MR) is 239 cm³/mol. The van der Waals surface area contributed by atoms with Gasteiger partial charge in [-0.2, -0.15) is 18.7 Å². The minimum absolute atomic E-state index is 0.0325. The van der Waals surface area contributed by atoms with Crippen molar-refractivity contribution < 1.29 is 62.8 Å². The number of oxime groups is 2. The third-order valence-electron chi connectivity index (χ3n) is 9.81. The highest BCUT2D eigenvalue weighted by atomic mass is 32.2. The van der Waals surface area contributed by atoms with Gasteiger partial charge < -0.3 is 67.9 Å². The molecule has 3 saturated heterocycles. The van der Waals surface area contributed by atoms with Crippen molar-refractivity contribution in [2.75, 3.05) is 67.6 Å². The molecule has 28 nitrogen and oxygen atoms in total. The Bertz CT molecular complexity index is 2590. The number of hydrogen-bond donors (Lipinski definition) is 7. The maximum Gasteiger partial charge on any atom is 0.352 e. The molecule has 3 fully saturated rings. The molecule has 7 heterocycles. The molecule has 0 aromatic carbocycles. The number of carboxylic acid groups (broad SMARTS) is 2. The molecular formula is C34H40N16O12S5. The number of hydrogen-bond acceptors (Lipinski definition) is 27. The second-order valence-corrected chi connectivity index (χ2v) is 18.9. The zero-order valence-electron chi connectivity index (χ0n) is 35.4. The van der Waals surface area contributed by atoms with Crippen LogP contribution < -0.4 is 43.2 Å². The van der Waals surface area contributed by atoms with E-state index in [1.807, 2.05) is 6.92 Å². The largest absolute Gasteiger partial charge is 0.549 e. The van der Waals surface area contributed by atoms with Crippen LogP contribution in [-0.4, -0.2) is 159 Å². The minimum Gasteiger partial charge on any atom is -0.549 e. The van der Waals surface area contributed by atoms with Gasteiger partial charge in [-0.25, -0.2) is 9.36 Å². The lowest BCUT2D eigenvalue weighted by molar-refractivity contribution is -0.719. The molecule has 0 spiro atoms. The zero-order valence-corrected chi connectivity index (χ0v) is 39.5. The first-order valence-electron chi connectivity index (χ1n) is 19.1. The number of esters is 1. The van der Waals surface area contributed by atoms with Crippen LogP contribution in [0.1, 0.15) is 25.5 Å². The predicted octanol–water partition coefficient (Wildman–Crippen LogP) is -3.96. The van der Waals surface area contributed by atoms with E-state index in [2.05, 4.69) is 49.5 Å². The van der Waals surface area contributed by atoms with Crippen LogP contribution in [0.25, 0.3) is 0 Å². The van der Waals surface area contributed by atoms with Gasteiger partial charge in [0.1, 0.15) is 49.4 Å². The van der Waals surface area contributed by atoms with Crippen LogP contribution in [0.4, 0.5) is 21.9 Å². The SMILES string of the molecule is CC[n+]1c(N)cc(N)nc1SCC1(C(=O)[O-])CS[C@@H]2C(NC(=O)C(=NOC)c3nsc(N)n3)C(=O)N2C1.CON=C(C(=O)NC1C(=O)N2C(C(=O)O)=C(COC(C)=O)CS[C@H]12)c1nsc(N)n1. The molecule has 4 aliphatic heterocycles. The average molecular weight is 1030 g/mol. The number of nitrogens with zero attached hydrogens (tertiary/aromatic N) is 10. The van der Waals surface area contributed by atoms with Gasteiger partial charge in [0.15, 0.2) is 10.3 Å². The Hall–Kier alpha value is -6.58. The molecule has 4 aliphatic rings. The van der Waals surface area contributed by atoms with Crippen LogP contribution in [0.5, 0.6) is 0 Å². The van der Waals surface area contributed by atoms with Crippen LogP contribution in [0.15, 0.2) is 32.8 Å². The fourth-order valence-corrected chi connectivity index (χ4v) is 11.8. The van der Waals surface area contributed by atoms with Gasteiger partial charge in [0.2, 0.25) is 40.6 Å². The molecular weight excluding hydrogens is 985 g/mol. The Morgan fingerprint density at radius 3 is 2.01 bits per heavy atom. The minimum atomic E-state index is -1.35. The summed E-state index contributed by atoms with van der Waals surface area (Å²) in [6, 6.07) is -0.357. The number of carbonyl (C=O) groups is 7. The zero-order chi connectivity index (χ0) is 48.9. The van der Waals surface area contributed by atoms with E-state index in [0.717, 1.165) is 28.0 Å². The van der Waals surface area contributed by atoms with Crippen molar-refractivity contribution in [3.05, 3.63) is 29.0 Å².